The lowest BCUT2D eigenvalue weighted by molar-refractivity contribution is -0.139. The molecule has 39 heavy (non-hydrogen) atoms. The summed E-state index contributed by atoms with van der Waals surface area (Å²) in [6.45, 7) is 5.45. The summed E-state index contributed by atoms with van der Waals surface area (Å²) >= 11 is 6.18. The smallest absolute Gasteiger partial charge is 0.228 e. The molecule has 1 aromatic carbocycles. The predicted octanol–water partition coefficient (Wildman–Crippen LogP) is 3.27. The number of hydrogen-bond donors (Lipinski definition) is 4. The molecular formula is C27H29ClFN7O3. The van der Waals surface area contributed by atoms with Gasteiger partial charge in [0.25, 0.3) is 0 Å². The lowest BCUT2D eigenvalue weighted by Gasteiger charge is -2.31. The summed E-state index contributed by atoms with van der Waals surface area (Å²) in [5.41, 5.74) is 1.39. The number of pyridine rings is 1. The number of hydrogen-bond acceptors (Lipinski definition) is 8. The monoisotopic (exact) mass is 553 g/mol. The highest BCUT2D eigenvalue weighted by Crippen LogP contribution is 2.50. The molecule has 1 aliphatic carbocycles. The molecule has 0 radical (unpaired) electrons. The Morgan fingerprint density at radius 2 is 2.00 bits per heavy atom. The first-order chi connectivity index (χ1) is 18.6. The number of imidazole rings is 1. The van der Waals surface area contributed by atoms with Crippen molar-refractivity contribution in [2.75, 3.05) is 12.4 Å². The van der Waals surface area contributed by atoms with Crippen LogP contribution in [0.5, 0.6) is 0 Å². The van der Waals surface area contributed by atoms with E-state index in [1.54, 1.807) is 42.8 Å². The molecule has 4 N–H and O–H groups in total. The molecule has 5 rings (SSSR count). The topological polar surface area (TPSA) is 138 Å². The van der Waals surface area contributed by atoms with Crippen LogP contribution < -0.4 is 10.6 Å². The molecule has 0 aliphatic heterocycles. The molecule has 204 valence electrons. The third-order valence-electron chi connectivity index (χ3n) is 7.82. The van der Waals surface area contributed by atoms with Gasteiger partial charge >= 0.3 is 0 Å². The van der Waals surface area contributed by atoms with Crippen molar-refractivity contribution < 1.29 is 19.4 Å². The highest BCUT2D eigenvalue weighted by atomic mass is 35.5. The second-order valence-corrected chi connectivity index (χ2v) is 10.6. The number of nitrogens with one attached hydrogen (secondary N) is 2. The summed E-state index contributed by atoms with van der Waals surface area (Å²) in [6, 6.07) is 5.80. The van der Waals surface area contributed by atoms with Gasteiger partial charge in [-0.3, -0.25) is 9.78 Å². The summed E-state index contributed by atoms with van der Waals surface area (Å²) in [5.74, 6) is -0.612. The molecule has 1 aliphatic rings. The van der Waals surface area contributed by atoms with Crippen LogP contribution in [-0.2, 0) is 11.3 Å². The first-order valence-corrected chi connectivity index (χ1v) is 12.9. The molecule has 0 bridgehead atoms. The van der Waals surface area contributed by atoms with Crippen LogP contribution in [0.25, 0.3) is 22.6 Å². The number of nitrogens with zero attached hydrogens (tertiary/aromatic N) is 5. The van der Waals surface area contributed by atoms with E-state index in [1.165, 1.54) is 25.6 Å². The number of aliphatic hydroxyl groups excluding tert-OH is 2. The lowest BCUT2D eigenvalue weighted by atomic mass is 9.77. The Balaban J connectivity index is 1.64. The van der Waals surface area contributed by atoms with Gasteiger partial charge in [-0.05, 0) is 31.9 Å². The Labute approximate surface area is 229 Å². The first kappa shape index (κ1) is 26.9. The zero-order chi connectivity index (χ0) is 28.1. The average Bonchev–Trinajstić information content (AvgIpc) is 3.41. The van der Waals surface area contributed by atoms with Crippen molar-refractivity contribution in [2.24, 2.45) is 11.3 Å². The fourth-order valence-electron chi connectivity index (χ4n) is 5.42. The van der Waals surface area contributed by atoms with Crippen molar-refractivity contribution in [2.45, 2.75) is 45.6 Å². The molecular weight excluding hydrogens is 525 g/mol. The number of halogens is 2. The van der Waals surface area contributed by atoms with Gasteiger partial charge in [0.2, 0.25) is 5.91 Å². The van der Waals surface area contributed by atoms with Gasteiger partial charge in [0.15, 0.2) is 17.3 Å². The maximum Gasteiger partial charge on any atom is 0.228 e. The third-order valence-corrected chi connectivity index (χ3v) is 8.02. The van der Waals surface area contributed by atoms with E-state index >= 15 is 0 Å². The van der Waals surface area contributed by atoms with Crippen molar-refractivity contribution >= 4 is 34.5 Å². The molecule has 0 spiro atoms. The van der Waals surface area contributed by atoms with Crippen LogP contribution >= 0.6 is 11.6 Å². The van der Waals surface area contributed by atoms with E-state index in [1.807, 2.05) is 6.92 Å². The van der Waals surface area contributed by atoms with Gasteiger partial charge in [0.1, 0.15) is 17.4 Å². The zero-order valence-corrected chi connectivity index (χ0v) is 22.6. The SMILES string of the molecule is CNC(=O)[C@@]1(C)[C@H](C)C(n2cnc3c(NCc4cc(C)ccc4F)nc(-c4cncc(Cl)c4)nc32)[C@H](O)[C@@H]1O. The van der Waals surface area contributed by atoms with Crippen LogP contribution in [0.3, 0.4) is 0 Å². The summed E-state index contributed by atoms with van der Waals surface area (Å²) in [4.78, 5) is 30.8. The van der Waals surface area contributed by atoms with Gasteiger partial charge in [-0.15, -0.1) is 0 Å². The number of benzene rings is 1. The number of fused-ring (bicyclic) bond motifs is 1. The van der Waals surface area contributed by atoms with Crippen LogP contribution in [0, 0.1) is 24.1 Å². The van der Waals surface area contributed by atoms with Gasteiger partial charge in [0, 0.05) is 37.1 Å². The van der Waals surface area contributed by atoms with Crippen molar-refractivity contribution in [3.05, 3.63) is 65.0 Å². The van der Waals surface area contributed by atoms with E-state index in [0.29, 0.717) is 33.1 Å². The van der Waals surface area contributed by atoms with E-state index < -0.39 is 29.6 Å². The van der Waals surface area contributed by atoms with E-state index in [9.17, 15) is 19.4 Å². The van der Waals surface area contributed by atoms with E-state index in [0.717, 1.165) is 5.56 Å². The normalized spacial score (nSPS) is 24.7. The highest BCUT2D eigenvalue weighted by molar-refractivity contribution is 6.30. The molecule has 4 aromatic rings. The molecule has 1 unspecified atom stereocenters. The van der Waals surface area contributed by atoms with Crippen LogP contribution in [-0.4, -0.2) is 59.9 Å². The molecule has 3 aromatic heterocycles. The first-order valence-electron chi connectivity index (χ1n) is 12.5. The number of anilines is 1. The maximum atomic E-state index is 14.5. The predicted molar refractivity (Wildman–Crippen MR) is 144 cm³/mol. The van der Waals surface area contributed by atoms with Crippen LogP contribution in [0.2, 0.25) is 5.02 Å². The van der Waals surface area contributed by atoms with E-state index in [-0.39, 0.29) is 24.1 Å². The average molecular weight is 554 g/mol. The van der Waals surface area contributed by atoms with Crippen molar-refractivity contribution in [1.29, 1.82) is 0 Å². The highest BCUT2D eigenvalue weighted by Gasteiger charge is 2.60. The van der Waals surface area contributed by atoms with Crippen LogP contribution in [0.1, 0.15) is 31.0 Å². The number of aryl methyl sites for hydroxylation is 1. The molecule has 3 heterocycles. The number of aromatic nitrogens is 5. The summed E-state index contributed by atoms with van der Waals surface area (Å²) < 4.78 is 16.1. The van der Waals surface area contributed by atoms with Gasteiger partial charge in [-0.1, -0.05) is 36.2 Å². The molecule has 0 saturated heterocycles. The van der Waals surface area contributed by atoms with Crippen molar-refractivity contribution in [1.82, 2.24) is 29.8 Å². The maximum absolute atomic E-state index is 14.5. The van der Waals surface area contributed by atoms with E-state index in [4.69, 9.17) is 16.6 Å². The molecule has 10 nitrogen and oxygen atoms in total. The van der Waals surface area contributed by atoms with Crippen LogP contribution in [0.4, 0.5) is 10.2 Å². The van der Waals surface area contributed by atoms with Gasteiger partial charge in [-0.2, -0.15) is 0 Å². The fourth-order valence-corrected chi connectivity index (χ4v) is 5.59. The quantitative estimate of drug-likeness (QED) is 0.285. The number of aliphatic hydroxyl groups is 2. The van der Waals surface area contributed by atoms with Gasteiger partial charge in [0.05, 0.1) is 28.9 Å². The van der Waals surface area contributed by atoms with Crippen molar-refractivity contribution in [3.8, 4) is 11.4 Å². The van der Waals surface area contributed by atoms with Gasteiger partial charge < -0.3 is 25.4 Å². The zero-order valence-electron chi connectivity index (χ0n) is 21.9. The minimum atomic E-state index is -1.32. The second kappa shape index (κ2) is 10.1. The number of amides is 1. The minimum absolute atomic E-state index is 0.135. The summed E-state index contributed by atoms with van der Waals surface area (Å²) in [5, 5.41) is 28.3. The molecule has 5 atom stereocenters. The summed E-state index contributed by atoms with van der Waals surface area (Å²) in [7, 11) is 1.49. The molecule has 1 amide bonds. The Kier molecular flexibility index (Phi) is 7.00. The summed E-state index contributed by atoms with van der Waals surface area (Å²) in [6.07, 6.45) is 1.96. The fraction of sp³-hybridized carbons (Fsp3) is 0.370. The largest absolute Gasteiger partial charge is 0.389 e. The Morgan fingerprint density at radius 1 is 1.23 bits per heavy atom. The molecule has 1 saturated carbocycles. The Bertz CT molecular complexity index is 1560. The van der Waals surface area contributed by atoms with Crippen molar-refractivity contribution in [3.63, 3.8) is 0 Å². The number of rotatable bonds is 6. The van der Waals surface area contributed by atoms with E-state index in [2.05, 4.69) is 25.6 Å². The second-order valence-electron chi connectivity index (χ2n) is 10.1. The van der Waals surface area contributed by atoms with Gasteiger partial charge in [-0.25, -0.2) is 19.3 Å². The van der Waals surface area contributed by atoms with Crippen LogP contribution in [0.15, 0.2) is 43.0 Å². The Hall–Kier alpha value is -3.67. The lowest BCUT2D eigenvalue weighted by Crippen LogP contribution is -2.47. The Morgan fingerprint density at radius 3 is 2.72 bits per heavy atom. The third kappa shape index (κ3) is 4.50. The molecule has 1 fully saturated rings. The minimum Gasteiger partial charge on any atom is -0.389 e. The number of carbonyl (C=O) groups is 1. The standard InChI is InChI=1S/C27H29ClFN7O3/c1-13-5-6-18(29)15(7-13)10-32-24-19-25(35-23(34-24)16-8-17(28)11-31-9-16)36(12-33-19)20-14(2)27(3,26(39)30-4)22(38)21(20)37/h5-9,11-12,14,20-22,37-38H,10H2,1-4H3,(H,30,39)(H,32,34,35)/t14-,20?,21+,22+,27+/m1/s1. The molecule has 12 heteroatoms. The number of carbonyl (C=O) groups excluding carboxylic acids is 1.